The van der Waals surface area contributed by atoms with Gasteiger partial charge in [-0.3, -0.25) is 4.79 Å². The maximum absolute atomic E-state index is 12.4. The second-order valence-electron chi connectivity index (χ2n) is 8.36. The van der Waals surface area contributed by atoms with E-state index in [-0.39, 0.29) is 11.2 Å². The number of nitrogens with zero attached hydrogens (tertiary/aromatic N) is 1. The molecule has 2 N–H and O–H groups in total. The lowest BCUT2D eigenvalue weighted by Gasteiger charge is -2.46. The van der Waals surface area contributed by atoms with E-state index in [9.17, 15) is 15.0 Å². The fourth-order valence-corrected chi connectivity index (χ4v) is 4.39. The summed E-state index contributed by atoms with van der Waals surface area (Å²) in [7, 11) is 1.37. The number of ether oxygens (including phenoxy) is 1. The lowest BCUT2D eigenvalue weighted by molar-refractivity contribution is -0.151. The van der Waals surface area contributed by atoms with E-state index in [1.54, 1.807) is 6.07 Å². The zero-order chi connectivity index (χ0) is 21.0. The Bertz CT molecular complexity index is 825. The molecule has 2 aromatic rings. The van der Waals surface area contributed by atoms with Crippen molar-refractivity contribution in [2.24, 2.45) is 11.8 Å². The van der Waals surface area contributed by atoms with Crippen LogP contribution in [0.1, 0.15) is 37.5 Å². The highest BCUT2D eigenvalue weighted by molar-refractivity contribution is 5.73. The summed E-state index contributed by atoms with van der Waals surface area (Å²) in [5.74, 6) is -0.421. The largest absolute Gasteiger partial charge is 0.508 e. The van der Waals surface area contributed by atoms with Crippen LogP contribution in [0.3, 0.4) is 0 Å². The summed E-state index contributed by atoms with van der Waals surface area (Å²) in [6.07, 6.45) is 0.00535. The molecule has 4 atom stereocenters. The Morgan fingerprint density at radius 2 is 1.97 bits per heavy atom. The van der Waals surface area contributed by atoms with Gasteiger partial charge in [0.1, 0.15) is 5.75 Å². The highest BCUT2D eigenvalue weighted by Crippen LogP contribution is 2.40. The van der Waals surface area contributed by atoms with E-state index in [1.165, 1.54) is 7.11 Å². The van der Waals surface area contributed by atoms with Crippen LogP contribution in [0.15, 0.2) is 54.6 Å². The number of esters is 1. The van der Waals surface area contributed by atoms with Crippen LogP contribution < -0.4 is 0 Å². The van der Waals surface area contributed by atoms with E-state index in [4.69, 9.17) is 4.74 Å². The SMILES string of the molecule is COC(=O)[C@H](CN1CC[C@@](C)(c2cccc(O)c2)[C@@H](C)C1)[C@@H](O)c1ccccc1. The number of piperidine rings is 1. The molecule has 29 heavy (non-hydrogen) atoms. The monoisotopic (exact) mass is 397 g/mol. The first-order chi connectivity index (χ1) is 13.8. The zero-order valence-electron chi connectivity index (χ0n) is 17.4. The fraction of sp³-hybridized carbons (Fsp3) is 0.458. The molecule has 0 saturated carbocycles. The molecule has 5 nitrogen and oxygen atoms in total. The first kappa shape index (κ1) is 21.3. The molecule has 0 aromatic heterocycles. The maximum atomic E-state index is 12.4. The molecule has 0 amide bonds. The number of phenolic OH excluding ortho intramolecular Hbond substituents is 1. The normalized spacial score (nSPS) is 24.6. The molecule has 1 saturated heterocycles. The summed E-state index contributed by atoms with van der Waals surface area (Å²) in [4.78, 5) is 14.7. The van der Waals surface area contributed by atoms with E-state index >= 15 is 0 Å². The van der Waals surface area contributed by atoms with E-state index in [2.05, 4.69) is 24.8 Å². The summed E-state index contributed by atoms with van der Waals surface area (Å²) < 4.78 is 4.99. The van der Waals surface area contributed by atoms with Gasteiger partial charge >= 0.3 is 5.97 Å². The van der Waals surface area contributed by atoms with Gasteiger partial charge < -0.3 is 19.8 Å². The molecule has 3 rings (SSSR count). The van der Waals surface area contributed by atoms with Gasteiger partial charge in [0.05, 0.1) is 19.1 Å². The molecule has 0 aliphatic carbocycles. The number of benzene rings is 2. The molecule has 0 radical (unpaired) electrons. The van der Waals surface area contributed by atoms with Crippen LogP contribution in [0.2, 0.25) is 0 Å². The Hall–Kier alpha value is -2.37. The Balaban J connectivity index is 1.73. The van der Waals surface area contributed by atoms with Gasteiger partial charge in [-0.2, -0.15) is 0 Å². The molecule has 0 bridgehead atoms. The van der Waals surface area contributed by atoms with Crippen LogP contribution in [0.25, 0.3) is 0 Å². The van der Waals surface area contributed by atoms with Crippen molar-refractivity contribution in [3.05, 3.63) is 65.7 Å². The first-order valence-corrected chi connectivity index (χ1v) is 10.2. The molecule has 0 spiro atoms. The molecule has 1 heterocycles. The van der Waals surface area contributed by atoms with E-state index in [0.29, 0.717) is 12.5 Å². The number of likely N-dealkylation sites (tertiary alicyclic amines) is 1. The second-order valence-corrected chi connectivity index (χ2v) is 8.36. The van der Waals surface area contributed by atoms with Crippen molar-refractivity contribution in [1.29, 1.82) is 0 Å². The molecule has 0 unspecified atom stereocenters. The topological polar surface area (TPSA) is 70.0 Å². The van der Waals surface area contributed by atoms with Crippen LogP contribution in [-0.2, 0) is 14.9 Å². The number of aliphatic hydroxyl groups is 1. The summed E-state index contributed by atoms with van der Waals surface area (Å²) in [5, 5.41) is 20.7. The number of methoxy groups -OCH3 is 1. The Labute approximate surface area is 172 Å². The predicted molar refractivity (Wildman–Crippen MR) is 113 cm³/mol. The van der Waals surface area contributed by atoms with Crippen LogP contribution in [0, 0.1) is 11.8 Å². The quantitative estimate of drug-likeness (QED) is 0.730. The Kier molecular flexibility index (Phi) is 6.60. The Morgan fingerprint density at radius 1 is 1.24 bits per heavy atom. The lowest BCUT2D eigenvalue weighted by atomic mass is 9.68. The zero-order valence-corrected chi connectivity index (χ0v) is 17.4. The van der Waals surface area contributed by atoms with Crippen molar-refractivity contribution in [3.63, 3.8) is 0 Å². The third-order valence-corrected chi connectivity index (χ3v) is 6.55. The minimum atomic E-state index is -0.904. The van der Waals surface area contributed by atoms with Gasteiger partial charge in [-0.15, -0.1) is 0 Å². The minimum Gasteiger partial charge on any atom is -0.508 e. The summed E-state index contributed by atoms with van der Waals surface area (Å²) in [6.45, 7) is 6.51. The number of aromatic hydroxyl groups is 1. The molecule has 5 heteroatoms. The van der Waals surface area contributed by atoms with E-state index < -0.39 is 18.0 Å². The smallest absolute Gasteiger partial charge is 0.312 e. The average Bonchev–Trinajstić information content (AvgIpc) is 2.74. The maximum Gasteiger partial charge on any atom is 0.312 e. The number of rotatable bonds is 6. The van der Waals surface area contributed by atoms with Crippen molar-refractivity contribution in [3.8, 4) is 5.75 Å². The number of hydrogen-bond donors (Lipinski definition) is 2. The molecule has 1 aliphatic rings. The first-order valence-electron chi connectivity index (χ1n) is 10.2. The highest BCUT2D eigenvalue weighted by Gasteiger charge is 2.40. The van der Waals surface area contributed by atoms with Gasteiger partial charge in [0.2, 0.25) is 0 Å². The number of hydrogen-bond acceptors (Lipinski definition) is 5. The number of phenols is 1. The van der Waals surface area contributed by atoms with Crippen molar-refractivity contribution in [2.75, 3.05) is 26.7 Å². The molecule has 156 valence electrons. The average molecular weight is 398 g/mol. The third-order valence-electron chi connectivity index (χ3n) is 6.55. The lowest BCUT2D eigenvalue weighted by Crippen LogP contribution is -2.49. The van der Waals surface area contributed by atoms with Crippen molar-refractivity contribution < 1.29 is 19.7 Å². The van der Waals surface area contributed by atoms with Crippen LogP contribution in [0.5, 0.6) is 5.75 Å². The number of aliphatic hydroxyl groups excluding tert-OH is 1. The third kappa shape index (κ3) is 4.62. The number of carbonyl (C=O) groups is 1. The predicted octanol–water partition coefficient (Wildman–Crippen LogP) is 3.51. The molecule has 2 aromatic carbocycles. The van der Waals surface area contributed by atoms with Crippen LogP contribution in [0.4, 0.5) is 0 Å². The van der Waals surface area contributed by atoms with Gasteiger partial charge in [0.25, 0.3) is 0 Å². The molecule has 1 fully saturated rings. The van der Waals surface area contributed by atoms with Crippen LogP contribution in [-0.4, -0.2) is 47.8 Å². The Morgan fingerprint density at radius 3 is 2.59 bits per heavy atom. The molecular weight excluding hydrogens is 366 g/mol. The van der Waals surface area contributed by atoms with E-state index in [1.807, 2.05) is 42.5 Å². The van der Waals surface area contributed by atoms with Gasteiger partial charge in [0, 0.05) is 13.1 Å². The molecule has 1 aliphatic heterocycles. The number of carbonyl (C=O) groups excluding carboxylic acids is 1. The van der Waals surface area contributed by atoms with Crippen molar-refractivity contribution in [2.45, 2.75) is 31.8 Å². The standard InChI is InChI=1S/C24H31NO4/c1-17-15-25(13-12-24(17,2)19-10-7-11-20(26)14-19)16-21(23(28)29-3)22(27)18-8-5-4-6-9-18/h4-11,14,17,21-22,26-27H,12-13,15-16H2,1-3H3/t17-,21+,22-,24+/m0/s1. The van der Waals surface area contributed by atoms with Gasteiger partial charge in [-0.05, 0) is 47.6 Å². The summed E-state index contributed by atoms with van der Waals surface area (Å²) >= 11 is 0. The highest BCUT2D eigenvalue weighted by atomic mass is 16.5. The summed E-state index contributed by atoms with van der Waals surface area (Å²) in [6, 6.07) is 16.8. The van der Waals surface area contributed by atoms with E-state index in [0.717, 1.165) is 30.6 Å². The van der Waals surface area contributed by atoms with Crippen molar-refractivity contribution >= 4 is 5.97 Å². The summed E-state index contributed by atoms with van der Waals surface area (Å²) in [5.41, 5.74) is 1.81. The van der Waals surface area contributed by atoms with Crippen LogP contribution >= 0.6 is 0 Å². The van der Waals surface area contributed by atoms with Crippen molar-refractivity contribution in [1.82, 2.24) is 4.90 Å². The molecular formula is C24H31NO4. The fourth-order valence-electron chi connectivity index (χ4n) is 4.39. The van der Waals surface area contributed by atoms with Gasteiger partial charge in [0.15, 0.2) is 0 Å². The second kappa shape index (κ2) is 8.97. The van der Waals surface area contributed by atoms with Gasteiger partial charge in [-0.1, -0.05) is 56.3 Å². The minimum absolute atomic E-state index is 0.0476. The van der Waals surface area contributed by atoms with Gasteiger partial charge in [-0.25, -0.2) is 0 Å².